The zero-order chi connectivity index (χ0) is 22.1. The number of ether oxygens (including phenoxy) is 1. The highest BCUT2D eigenvalue weighted by atomic mass is 127. The first kappa shape index (κ1) is 26.2. The second-order valence-corrected chi connectivity index (χ2v) is 7.77. The Morgan fingerprint density at radius 2 is 1.81 bits per heavy atom. The van der Waals surface area contributed by atoms with Crippen molar-refractivity contribution in [2.45, 2.75) is 33.9 Å². The highest BCUT2D eigenvalue weighted by Crippen LogP contribution is 2.20. The molecule has 2 heterocycles. The Bertz CT molecular complexity index is 867. The van der Waals surface area contributed by atoms with E-state index in [2.05, 4.69) is 74.6 Å². The van der Waals surface area contributed by atoms with Crippen molar-refractivity contribution in [1.82, 2.24) is 20.5 Å². The van der Waals surface area contributed by atoms with E-state index in [0.29, 0.717) is 19.7 Å². The predicted molar refractivity (Wildman–Crippen MR) is 143 cm³/mol. The molecule has 32 heavy (non-hydrogen) atoms. The molecule has 3 rings (SSSR count). The molecule has 7 nitrogen and oxygen atoms in total. The van der Waals surface area contributed by atoms with Gasteiger partial charge in [0.2, 0.25) is 0 Å². The van der Waals surface area contributed by atoms with Gasteiger partial charge in [-0.15, -0.1) is 24.0 Å². The van der Waals surface area contributed by atoms with Crippen LogP contribution in [0, 0.1) is 6.92 Å². The van der Waals surface area contributed by atoms with E-state index in [4.69, 9.17) is 4.74 Å². The average Bonchev–Trinajstić information content (AvgIpc) is 2.81. The van der Waals surface area contributed by atoms with E-state index >= 15 is 0 Å². The van der Waals surface area contributed by atoms with Crippen LogP contribution in [0.3, 0.4) is 0 Å². The van der Waals surface area contributed by atoms with Crippen LogP contribution in [0.4, 0.5) is 5.82 Å². The molecule has 2 N–H and O–H groups in total. The van der Waals surface area contributed by atoms with Crippen molar-refractivity contribution < 1.29 is 4.74 Å². The molecule has 1 aliphatic rings. The molecule has 8 heteroatoms. The highest BCUT2D eigenvalue weighted by molar-refractivity contribution is 14.0. The van der Waals surface area contributed by atoms with Crippen LogP contribution in [0.1, 0.15) is 30.5 Å². The Balaban J connectivity index is 0.00000363. The number of aromatic nitrogens is 1. The maximum atomic E-state index is 5.78. The lowest BCUT2D eigenvalue weighted by molar-refractivity contribution is 0.270. The van der Waals surface area contributed by atoms with Crippen LogP contribution in [0.5, 0.6) is 5.75 Å². The summed E-state index contributed by atoms with van der Waals surface area (Å²) in [6.45, 7) is 13.7. The molecular weight excluding hydrogens is 515 g/mol. The van der Waals surface area contributed by atoms with Gasteiger partial charge in [-0.3, -0.25) is 4.99 Å². The second-order valence-electron chi connectivity index (χ2n) is 7.77. The van der Waals surface area contributed by atoms with Gasteiger partial charge in [0, 0.05) is 58.1 Å². The van der Waals surface area contributed by atoms with Gasteiger partial charge in [-0.05, 0) is 49.7 Å². The van der Waals surface area contributed by atoms with Gasteiger partial charge in [-0.1, -0.05) is 19.1 Å². The maximum Gasteiger partial charge on any atom is 0.191 e. The maximum absolute atomic E-state index is 5.78. The number of piperazine rings is 1. The number of aliphatic imine (C=N–C) groups is 1. The van der Waals surface area contributed by atoms with Crippen LogP contribution >= 0.6 is 24.0 Å². The molecule has 1 saturated heterocycles. The summed E-state index contributed by atoms with van der Waals surface area (Å²) in [4.78, 5) is 13.8. The van der Waals surface area contributed by atoms with E-state index in [1.807, 2.05) is 13.1 Å². The molecule has 0 amide bonds. The fraction of sp³-hybridized carbons (Fsp3) is 0.500. The van der Waals surface area contributed by atoms with Crippen molar-refractivity contribution >= 4 is 35.8 Å². The van der Waals surface area contributed by atoms with Crippen molar-refractivity contribution in [2.75, 3.05) is 51.3 Å². The number of pyridine rings is 1. The zero-order valence-corrected chi connectivity index (χ0v) is 22.1. The van der Waals surface area contributed by atoms with Crippen LogP contribution in [0.15, 0.2) is 41.5 Å². The number of nitrogens with zero attached hydrogens (tertiary/aromatic N) is 4. The molecule has 2 aromatic rings. The van der Waals surface area contributed by atoms with Crippen molar-refractivity contribution in [3.05, 3.63) is 53.2 Å². The lowest BCUT2D eigenvalue weighted by Gasteiger charge is -2.34. The van der Waals surface area contributed by atoms with Crippen LogP contribution in [-0.2, 0) is 13.1 Å². The Hall–Kier alpha value is -2.07. The van der Waals surface area contributed by atoms with Gasteiger partial charge < -0.3 is 25.2 Å². The highest BCUT2D eigenvalue weighted by Gasteiger charge is 2.16. The molecule has 0 radical (unpaired) electrons. The third kappa shape index (κ3) is 7.51. The molecule has 176 valence electrons. The number of aryl methyl sites for hydroxylation is 1. The Kier molecular flexibility index (Phi) is 11.0. The second kappa shape index (κ2) is 13.5. The standard InChI is InChI=1S/C24H36N6O.HI/c1-5-29-11-13-30(14-12-29)23-16-20(9-10-26-23)17-27-24(25-4)28-18-21-8-7-19(3)15-22(21)31-6-2;/h7-10,15-16H,5-6,11-14,17-18H2,1-4H3,(H2,25,27,28);1H. The van der Waals surface area contributed by atoms with Gasteiger partial charge in [0.05, 0.1) is 6.61 Å². The molecule has 0 unspecified atom stereocenters. The fourth-order valence-electron chi connectivity index (χ4n) is 3.72. The summed E-state index contributed by atoms with van der Waals surface area (Å²) in [5, 5.41) is 6.80. The van der Waals surface area contributed by atoms with Gasteiger partial charge in [-0.25, -0.2) is 4.98 Å². The number of hydrogen-bond acceptors (Lipinski definition) is 5. The fourth-order valence-corrected chi connectivity index (χ4v) is 3.72. The monoisotopic (exact) mass is 552 g/mol. The Labute approximate surface area is 209 Å². The van der Waals surface area contributed by atoms with Crippen molar-refractivity contribution in [2.24, 2.45) is 4.99 Å². The number of hydrogen-bond donors (Lipinski definition) is 2. The Morgan fingerprint density at radius 3 is 2.50 bits per heavy atom. The molecule has 0 aliphatic carbocycles. The van der Waals surface area contributed by atoms with Gasteiger partial charge >= 0.3 is 0 Å². The Morgan fingerprint density at radius 1 is 1.06 bits per heavy atom. The molecule has 0 atom stereocenters. The van der Waals surface area contributed by atoms with E-state index in [9.17, 15) is 0 Å². The number of guanidine groups is 1. The number of halogens is 1. The zero-order valence-electron chi connectivity index (χ0n) is 19.7. The summed E-state index contributed by atoms with van der Waals surface area (Å²) in [7, 11) is 1.79. The molecule has 0 bridgehead atoms. The lowest BCUT2D eigenvalue weighted by atomic mass is 10.1. The summed E-state index contributed by atoms with van der Waals surface area (Å²) in [6.07, 6.45) is 1.90. The van der Waals surface area contributed by atoms with E-state index in [0.717, 1.165) is 55.8 Å². The number of anilines is 1. The molecule has 1 aromatic carbocycles. The van der Waals surface area contributed by atoms with Crippen molar-refractivity contribution in [3.63, 3.8) is 0 Å². The summed E-state index contributed by atoms with van der Waals surface area (Å²) in [6, 6.07) is 10.5. The van der Waals surface area contributed by atoms with Gasteiger partial charge in [0.25, 0.3) is 0 Å². The minimum absolute atomic E-state index is 0. The predicted octanol–water partition coefficient (Wildman–Crippen LogP) is 3.41. The third-order valence-corrected chi connectivity index (χ3v) is 5.61. The molecule has 1 fully saturated rings. The largest absolute Gasteiger partial charge is 0.494 e. The van der Waals surface area contributed by atoms with Gasteiger partial charge in [0.15, 0.2) is 5.96 Å². The van der Waals surface area contributed by atoms with Crippen LogP contribution in [0.25, 0.3) is 0 Å². The van der Waals surface area contributed by atoms with E-state index in [-0.39, 0.29) is 24.0 Å². The first-order chi connectivity index (χ1) is 15.1. The molecule has 1 aliphatic heterocycles. The van der Waals surface area contributed by atoms with Gasteiger partial charge in [0.1, 0.15) is 11.6 Å². The minimum atomic E-state index is 0. The number of nitrogens with one attached hydrogen (secondary N) is 2. The molecule has 1 aromatic heterocycles. The summed E-state index contributed by atoms with van der Waals surface area (Å²) < 4.78 is 5.78. The van der Waals surface area contributed by atoms with Crippen LogP contribution < -0.4 is 20.3 Å². The SMILES string of the molecule is CCOc1cc(C)ccc1CNC(=NC)NCc1ccnc(N2CCN(CC)CC2)c1.I. The lowest BCUT2D eigenvalue weighted by Crippen LogP contribution is -2.46. The minimum Gasteiger partial charge on any atom is -0.494 e. The normalized spacial score (nSPS) is 14.6. The number of likely N-dealkylation sites (N-methyl/N-ethyl adjacent to an activating group) is 1. The smallest absolute Gasteiger partial charge is 0.191 e. The van der Waals surface area contributed by atoms with E-state index < -0.39 is 0 Å². The van der Waals surface area contributed by atoms with Crippen molar-refractivity contribution in [3.8, 4) is 5.75 Å². The molecule has 0 saturated carbocycles. The van der Waals surface area contributed by atoms with E-state index in [1.165, 1.54) is 11.1 Å². The molecular formula is C24H37IN6O. The summed E-state index contributed by atoms with van der Waals surface area (Å²) >= 11 is 0. The first-order valence-corrected chi connectivity index (χ1v) is 11.2. The number of benzene rings is 1. The number of rotatable bonds is 8. The molecule has 0 spiro atoms. The van der Waals surface area contributed by atoms with Gasteiger partial charge in [-0.2, -0.15) is 0 Å². The first-order valence-electron chi connectivity index (χ1n) is 11.2. The quantitative estimate of drug-likeness (QED) is 0.298. The summed E-state index contributed by atoms with van der Waals surface area (Å²) in [5.41, 5.74) is 3.50. The van der Waals surface area contributed by atoms with E-state index in [1.54, 1.807) is 7.05 Å². The van der Waals surface area contributed by atoms with Crippen molar-refractivity contribution in [1.29, 1.82) is 0 Å². The van der Waals surface area contributed by atoms with Crippen LogP contribution in [-0.4, -0.2) is 62.2 Å². The van der Waals surface area contributed by atoms with Crippen LogP contribution in [0.2, 0.25) is 0 Å². The average molecular weight is 553 g/mol. The summed E-state index contributed by atoms with van der Waals surface area (Å²) in [5.74, 6) is 2.74. The third-order valence-electron chi connectivity index (χ3n) is 5.61. The topological polar surface area (TPSA) is 65.0 Å².